The molecule has 1 heterocycles. The maximum absolute atomic E-state index is 13.6. The molecule has 1 saturated heterocycles. The molecule has 0 radical (unpaired) electrons. The molecule has 0 spiro atoms. The summed E-state index contributed by atoms with van der Waals surface area (Å²) in [5.74, 6) is 1.22. The summed E-state index contributed by atoms with van der Waals surface area (Å²) in [4.78, 5) is 30.2. The van der Waals surface area contributed by atoms with Crippen LogP contribution in [0, 0.1) is 5.92 Å². The highest BCUT2D eigenvalue weighted by molar-refractivity contribution is 6.32. The Hall–Kier alpha value is -2.73. The number of carbonyl (C=O) groups excluding carboxylic acids is 2. The molecule has 0 saturated carbocycles. The van der Waals surface area contributed by atoms with Gasteiger partial charge in [0.15, 0.2) is 11.5 Å². The van der Waals surface area contributed by atoms with Crippen molar-refractivity contribution in [3.63, 3.8) is 0 Å². The second-order valence-corrected chi connectivity index (χ2v) is 9.49. The zero-order valence-corrected chi connectivity index (χ0v) is 21.3. The van der Waals surface area contributed by atoms with E-state index in [1.54, 1.807) is 19.2 Å². The van der Waals surface area contributed by atoms with E-state index >= 15 is 0 Å². The summed E-state index contributed by atoms with van der Waals surface area (Å²) in [7, 11) is 1.55. The number of rotatable bonds is 9. The highest BCUT2D eigenvalue weighted by atomic mass is 35.5. The van der Waals surface area contributed by atoms with Gasteiger partial charge in [0.1, 0.15) is 0 Å². The number of ether oxygens (including phenoxy) is 2. The van der Waals surface area contributed by atoms with Crippen LogP contribution in [0.4, 0.5) is 0 Å². The van der Waals surface area contributed by atoms with Gasteiger partial charge in [-0.15, -0.1) is 0 Å². The van der Waals surface area contributed by atoms with Crippen molar-refractivity contribution in [1.82, 2.24) is 9.80 Å². The standard InChI is InChI=1S/C27H35ClN2O4/c1-5-13-30(22-11-14-29(15-12-22)26(31)20-9-7-6-8-10-20)27(32)21-16-23(28)25(24(17-21)33-4)34-18-19(2)3/h6-10,16-17,19,22H,5,11-15,18H2,1-4H3. The first-order chi connectivity index (χ1) is 16.3. The average molecular weight is 487 g/mol. The summed E-state index contributed by atoms with van der Waals surface area (Å²) in [6.45, 7) is 8.56. The van der Waals surface area contributed by atoms with E-state index in [9.17, 15) is 9.59 Å². The van der Waals surface area contributed by atoms with Gasteiger partial charge in [0.25, 0.3) is 11.8 Å². The first-order valence-corrected chi connectivity index (χ1v) is 12.4. The summed E-state index contributed by atoms with van der Waals surface area (Å²) in [5, 5.41) is 0.364. The van der Waals surface area contributed by atoms with Gasteiger partial charge in [-0.1, -0.05) is 50.6 Å². The molecule has 0 N–H and O–H groups in total. The van der Waals surface area contributed by atoms with E-state index in [2.05, 4.69) is 20.8 Å². The SMILES string of the molecule is CCCN(C(=O)c1cc(Cl)c(OCC(C)C)c(OC)c1)C1CCN(C(=O)c2ccccc2)CC1. The van der Waals surface area contributed by atoms with Gasteiger partial charge < -0.3 is 19.3 Å². The molecule has 0 aromatic heterocycles. The zero-order valence-electron chi connectivity index (χ0n) is 20.6. The fourth-order valence-electron chi connectivity index (χ4n) is 4.23. The number of benzene rings is 2. The Bertz CT molecular complexity index is 972. The van der Waals surface area contributed by atoms with E-state index in [1.165, 1.54) is 0 Å². The molecule has 184 valence electrons. The molecule has 1 fully saturated rings. The van der Waals surface area contributed by atoms with Gasteiger partial charge in [-0.3, -0.25) is 9.59 Å². The molecule has 7 heteroatoms. The lowest BCUT2D eigenvalue weighted by Gasteiger charge is -2.38. The van der Waals surface area contributed by atoms with Gasteiger partial charge in [-0.25, -0.2) is 0 Å². The lowest BCUT2D eigenvalue weighted by atomic mass is 10.0. The Morgan fingerprint density at radius 3 is 2.38 bits per heavy atom. The molecule has 0 unspecified atom stereocenters. The van der Waals surface area contributed by atoms with Crippen LogP contribution in [0.25, 0.3) is 0 Å². The topological polar surface area (TPSA) is 59.1 Å². The summed E-state index contributed by atoms with van der Waals surface area (Å²) < 4.78 is 11.3. The normalized spacial score (nSPS) is 14.2. The number of carbonyl (C=O) groups is 2. The number of hydrogen-bond donors (Lipinski definition) is 0. The second-order valence-electron chi connectivity index (χ2n) is 9.08. The summed E-state index contributed by atoms with van der Waals surface area (Å²) in [5.41, 5.74) is 1.18. The second kappa shape index (κ2) is 12.1. The first kappa shape index (κ1) is 25.9. The van der Waals surface area contributed by atoms with E-state index in [-0.39, 0.29) is 17.9 Å². The van der Waals surface area contributed by atoms with Crippen molar-refractivity contribution in [3.8, 4) is 11.5 Å². The summed E-state index contributed by atoms with van der Waals surface area (Å²) >= 11 is 6.50. The van der Waals surface area contributed by atoms with E-state index in [0.717, 1.165) is 19.3 Å². The smallest absolute Gasteiger partial charge is 0.254 e. The number of hydrogen-bond acceptors (Lipinski definition) is 4. The number of halogens is 1. The Morgan fingerprint density at radius 1 is 1.12 bits per heavy atom. The van der Waals surface area contributed by atoms with Crippen LogP contribution in [0.2, 0.25) is 5.02 Å². The Labute approximate surface area is 207 Å². The molecule has 1 aliphatic rings. The van der Waals surface area contributed by atoms with E-state index in [1.807, 2.05) is 40.1 Å². The monoisotopic (exact) mass is 486 g/mol. The van der Waals surface area contributed by atoms with Crippen molar-refractivity contribution in [2.24, 2.45) is 5.92 Å². The maximum atomic E-state index is 13.6. The first-order valence-electron chi connectivity index (χ1n) is 12.0. The van der Waals surface area contributed by atoms with Crippen LogP contribution >= 0.6 is 11.6 Å². The van der Waals surface area contributed by atoms with Crippen molar-refractivity contribution in [3.05, 3.63) is 58.6 Å². The van der Waals surface area contributed by atoms with Crippen molar-refractivity contribution in [2.75, 3.05) is 33.4 Å². The van der Waals surface area contributed by atoms with Crippen LogP contribution in [0.3, 0.4) is 0 Å². The van der Waals surface area contributed by atoms with Gasteiger partial charge in [0, 0.05) is 36.8 Å². The van der Waals surface area contributed by atoms with Crippen molar-refractivity contribution >= 4 is 23.4 Å². The van der Waals surface area contributed by atoms with Crippen molar-refractivity contribution in [2.45, 2.75) is 46.1 Å². The Balaban J connectivity index is 1.73. The fraction of sp³-hybridized carbons (Fsp3) is 0.481. The molecule has 3 rings (SSSR count). The van der Waals surface area contributed by atoms with Crippen LogP contribution < -0.4 is 9.47 Å². The van der Waals surface area contributed by atoms with E-state index in [4.69, 9.17) is 21.1 Å². The highest BCUT2D eigenvalue weighted by Crippen LogP contribution is 2.37. The molecular weight excluding hydrogens is 452 g/mol. The molecule has 1 aliphatic heterocycles. The van der Waals surface area contributed by atoms with Crippen LogP contribution in [-0.4, -0.2) is 61.0 Å². The molecule has 0 aliphatic carbocycles. The molecule has 2 amide bonds. The predicted octanol–water partition coefficient (Wildman–Crippen LogP) is 5.54. The molecule has 2 aromatic carbocycles. The minimum absolute atomic E-state index is 0.0425. The lowest BCUT2D eigenvalue weighted by Crippen LogP contribution is -2.49. The maximum Gasteiger partial charge on any atom is 0.254 e. The highest BCUT2D eigenvalue weighted by Gasteiger charge is 2.31. The Kier molecular flexibility index (Phi) is 9.22. The third-order valence-electron chi connectivity index (χ3n) is 5.98. The van der Waals surface area contributed by atoms with Gasteiger partial charge in [0.05, 0.1) is 18.7 Å². The third kappa shape index (κ3) is 6.23. The molecule has 6 nitrogen and oxygen atoms in total. The largest absolute Gasteiger partial charge is 0.493 e. The van der Waals surface area contributed by atoms with Gasteiger partial charge in [-0.05, 0) is 49.4 Å². The number of methoxy groups -OCH3 is 1. The van der Waals surface area contributed by atoms with Crippen LogP contribution in [0.1, 0.15) is 60.7 Å². The molecule has 0 atom stereocenters. The minimum atomic E-state index is -0.0784. The Morgan fingerprint density at radius 2 is 1.79 bits per heavy atom. The molecule has 2 aromatic rings. The third-order valence-corrected chi connectivity index (χ3v) is 6.26. The summed E-state index contributed by atoms with van der Waals surface area (Å²) in [6.07, 6.45) is 2.32. The van der Waals surface area contributed by atoms with Crippen molar-refractivity contribution in [1.29, 1.82) is 0 Å². The van der Waals surface area contributed by atoms with Crippen LogP contribution in [-0.2, 0) is 0 Å². The average Bonchev–Trinajstić information content (AvgIpc) is 2.85. The number of piperidine rings is 1. The van der Waals surface area contributed by atoms with Gasteiger partial charge in [-0.2, -0.15) is 0 Å². The summed E-state index contributed by atoms with van der Waals surface area (Å²) in [6, 6.07) is 12.8. The number of amides is 2. The van der Waals surface area contributed by atoms with Crippen LogP contribution in [0.5, 0.6) is 11.5 Å². The van der Waals surface area contributed by atoms with Crippen LogP contribution in [0.15, 0.2) is 42.5 Å². The van der Waals surface area contributed by atoms with Crippen molar-refractivity contribution < 1.29 is 19.1 Å². The number of nitrogens with zero attached hydrogens (tertiary/aromatic N) is 2. The van der Waals surface area contributed by atoms with Gasteiger partial charge in [0.2, 0.25) is 0 Å². The van der Waals surface area contributed by atoms with Gasteiger partial charge >= 0.3 is 0 Å². The van der Waals surface area contributed by atoms with E-state index < -0.39 is 0 Å². The predicted molar refractivity (Wildman–Crippen MR) is 135 cm³/mol. The lowest BCUT2D eigenvalue weighted by molar-refractivity contribution is 0.0519. The number of likely N-dealkylation sites (tertiary alicyclic amines) is 1. The fourth-order valence-corrected chi connectivity index (χ4v) is 4.50. The molecule has 34 heavy (non-hydrogen) atoms. The minimum Gasteiger partial charge on any atom is -0.493 e. The van der Waals surface area contributed by atoms with E-state index in [0.29, 0.717) is 59.8 Å². The zero-order chi connectivity index (χ0) is 24.7. The molecular formula is C27H35ClN2O4. The molecule has 0 bridgehead atoms. The quantitative estimate of drug-likeness (QED) is 0.467.